The molecule has 1 aromatic rings. The largest absolute Gasteiger partial charge is 0.507 e. The molecule has 0 bridgehead atoms. The van der Waals surface area contributed by atoms with Crippen molar-refractivity contribution in [3.05, 3.63) is 52.6 Å². The zero-order chi connectivity index (χ0) is 18.6. The number of allylic oxidation sites excluding steroid dienone is 3. The molecule has 1 aliphatic rings. The van der Waals surface area contributed by atoms with E-state index in [-0.39, 0.29) is 23.1 Å². The van der Waals surface area contributed by atoms with E-state index in [0.717, 1.165) is 43.2 Å². The number of benzene rings is 1. The summed E-state index contributed by atoms with van der Waals surface area (Å²) in [4.78, 5) is 11.8. The van der Waals surface area contributed by atoms with Crippen LogP contribution in [0.4, 0.5) is 0 Å². The van der Waals surface area contributed by atoms with Crippen LogP contribution in [-0.4, -0.2) is 16.2 Å². The summed E-state index contributed by atoms with van der Waals surface area (Å²) in [6.45, 7) is 10.3. The number of hydrogen-bond acceptors (Lipinski definition) is 2. The van der Waals surface area contributed by atoms with Crippen molar-refractivity contribution in [1.82, 2.24) is 0 Å². The van der Waals surface area contributed by atoms with Gasteiger partial charge in [0, 0.05) is 11.5 Å². The molecule has 0 amide bonds. The van der Waals surface area contributed by atoms with Crippen molar-refractivity contribution < 1.29 is 15.0 Å². The van der Waals surface area contributed by atoms with Crippen LogP contribution >= 0.6 is 0 Å². The van der Waals surface area contributed by atoms with Crippen LogP contribution in [0.3, 0.4) is 0 Å². The maximum Gasteiger partial charge on any atom is 0.339 e. The first-order valence-electron chi connectivity index (χ1n) is 9.27. The summed E-state index contributed by atoms with van der Waals surface area (Å²) in [6, 6.07) is 3.81. The lowest BCUT2D eigenvalue weighted by Gasteiger charge is -2.31. The fourth-order valence-corrected chi connectivity index (χ4v) is 3.86. The lowest BCUT2D eigenvalue weighted by Crippen LogP contribution is -2.18. The molecule has 25 heavy (non-hydrogen) atoms. The molecule has 3 nitrogen and oxygen atoms in total. The minimum Gasteiger partial charge on any atom is -0.507 e. The van der Waals surface area contributed by atoms with Crippen LogP contribution in [0, 0.1) is 5.92 Å². The summed E-state index contributed by atoms with van der Waals surface area (Å²) in [5, 5.41) is 20.5. The van der Waals surface area contributed by atoms with E-state index in [1.54, 1.807) is 0 Å². The van der Waals surface area contributed by atoms with Gasteiger partial charge in [0.25, 0.3) is 0 Å². The third-order valence-corrected chi connectivity index (χ3v) is 5.30. The number of unbranched alkanes of at least 4 members (excludes halogenated alkanes) is 2. The molecule has 0 aromatic heterocycles. The first-order valence-corrected chi connectivity index (χ1v) is 9.27. The van der Waals surface area contributed by atoms with Gasteiger partial charge < -0.3 is 10.2 Å². The molecule has 0 saturated carbocycles. The highest BCUT2D eigenvalue weighted by atomic mass is 16.4. The molecule has 0 heterocycles. The predicted molar refractivity (Wildman–Crippen MR) is 102 cm³/mol. The molecule has 0 fully saturated rings. The van der Waals surface area contributed by atoms with Crippen LogP contribution in [0.1, 0.15) is 80.3 Å². The highest BCUT2D eigenvalue weighted by Crippen LogP contribution is 2.44. The number of aryl methyl sites for hydroxylation is 1. The van der Waals surface area contributed by atoms with E-state index in [0.29, 0.717) is 12.0 Å². The molecule has 0 spiro atoms. The smallest absolute Gasteiger partial charge is 0.339 e. The van der Waals surface area contributed by atoms with Crippen LogP contribution in [0.2, 0.25) is 0 Å². The van der Waals surface area contributed by atoms with E-state index in [2.05, 4.69) is 26.5 Å². The molecule has 1 aromatic carbocycles. The van der Waals surface area contributed by atoms with Gasteiger partial charge in [0.05, 0.1) is 0 Å². The number of carboxylic acids is 1. The van der Waals surface area contributed by atoms with E-state index < -0.39 is 5.97 Å². The monoisotopic (exact) mass is 342 g/mol. The topological polar surface area (TPSA) is 57.5 Å². The standard InChI is InChI=1S/C22H30O3/c1-5-6-7-8-16-10-12-18(21(23)20(16)22(24)25)19-13-15(4)9-11-17(19)14(2)3/h10,12-13,17,19,23H,2,5-9,11H2,1,3-4H3,(H,24,25). The Morgan fingerprint density at radius 2 is 2.04 bits per heavy atom. The SMILES string of the molecule is C=C(C)C1CCC(C)=CC1c1ccc(CCCCC)c(C(=O)O)c1O. The average molecular weight is 342 g/mol. The minimum atomic E-state index is -1.05. The number of phenols is 1. The van der Waals surface area contributed by atoms with Gasteiger partial charge in [-0.1, -0.05) is 55.7 Å². The highest BCUT2D eigenvalue weighted by molar-refractivity contribution is 5.93. The molecule has 1 aliphatic carbocycles. The second-order valence-electron chi connectivity index (χ2n) is 7.33. The number of carboxylic acid groups (broad SMARTS) is 1. The number of rotatable bonds is 7. The quantitative estimate of drug-likeness (QED) is 0.483. The highest BCUT2D eigenvalue weighted by Gasteiger charge is 2.30. The van der Waals surface area contributed by atoms with Gasteiger partial charge in [0.2, 0.25) is 0 Å². The van der Waals surface area contributed by atoms with Gasteiger partial charge >= 0.3 is 5.97 Å². The van der Waals surface area contributed by atoms with Crippen LogP contribution in [0.25, 0.3) is 0 Å². The van der Waals surface area contributed by atoms with E-state index in [9.17, 15) is 15.0 Å². The van der Waals surface area contributed by atoms with Crippen molar-refractivity contribution in [2.24, 2.45) is 5.92 Å². The van der Waals surface area contributed by atoms with Crippen LogP contribution < -0.4 is 0 Å². The van der Waals surface area contributed by atoms with Gasteiger partial charge in [0.15, 0.2) is 0 Å². The summed E-state index contributed by atoms with van der Waals surface area (Å²) < 4.78 is 0. The minimum absolute atomic E-state index is 0.00552. The van der Waals surface area contributed by atoms with Gasteiger partial charge in [0.1, 0.15) is 11.3 Å². The fraction of sp³-hybridized carbons (Fsp3) is 0.500. The van der Waals surface area contributed by atoms with Gasteiger partial charge in [-0.05, 0) is 51.0 Å². The zero-order valence-electron chi connectivity index (χ0n) is 15.6. The fourth-order valence-electron chi connectivity index (χ4n) is 3.86. The maximum atomic E-state index is 11.8. The zero-order valence-corrected chi connectivity index (χ0v) is 15.6. The van der Waals surface area contributed by atoms with Crippen molar-refractivity contribution in [2.75, 3.05) is 0 Å². The Hall–Kier alpha value is -2.03. The van der Waals surface area contributed by atoms with Crippen LogP contribution in [-0.2, 0) is 6.42 Å². The number of aromatic carboxylic acids is 1. The number of aromatic hydroxyl groups is 1. The summed E-state index contributed by atoms with van der Waals surface area (Å²) in [5.41, 5.74) is 3.88. The molecule has 2 rings (SSSR count). The Balaban J connectivity index is 2.47. The summed E-state index contributed by atoms with van der Waals surface area (Å²) >= 11 is 0. The van der Waals surface area contributed by atoms with Gasteiger partial charge in [-0.15, -0.1) is 0 Å². The van der Waals surface area contributed by atoms with Crippen LogP contribution in [0.5, 0.6) is 5.75 Å². The second-order valence-corrected chi connectivity index (χ2v) is 7.33. The molecule has 0 saturated heterocycles. The van der Waals surface area contributed by atoms with Crippen LogP contribution in [0.15, 0.2) is 35.9 Å². The summed E-state index contributed by atoms with van der Waals surface area (Å²) in [7, 11) is 0. The van der Waals surface area contributed by atoms with Crippen molar-refractivity contribution >= 4 is 5.97 Å². The molecule has 2 N–H and O–H groups in total. The van der Waals surface area contributed by atoms with Gasteiger partial charge in [-0.2, -0.15) is 0 Å². The molecule has 0 aliphatic heterocycles. The van der Waals surface area contributed by atoms with Crippen molar-refractivity contribution in [3.8, 4) is 5.75 Å². The lowest BCUT2D eigenvalue weighted by molar-refractivity contribution is 0.0692. The first kappa shape index (κ1) is 19.3. The Morgan fingerprint density at radius 1 is 1.32 bits per heavy atom. The predicted octanol–water partition coefficient (Wildman–Crippen LogP) is 5.84. The summed E-state index contributed by atoms with van der Waals surface area (Å²) in [5.74, 6) is -0.880. The van der Waals surface area contributed by atoms with E-state index in [4.69, 9.17) is 0 Å². The molecule has 136 valence electrons. The average Bonchev–Trinajstić information content (AvgIpc) is 2.54. The molecule has 0 radical (unpaired) electrons. The summed E-state index contributed by atoms with van der Waals surface area (Å²) in [6.07, 6.45) is 7.94. The Kier molecular flexibility index (Phi) is 6.46. The lowest BCUT2D eigenvalue weighted by atomic mass is 9.73. The van der Waals surface area contributed by atoms with E-state index in [1.165, 1.54) is 5.57 Å². The third kappa shape index (κ3) is 4.33. The van der Waals surface area contributed by atoms with Crippen molar-refractivity contribution in [1.29, 1.82) is 0 Å². The van der Waals surface area contributed by atoms with E-state index >= 15 is 0 Å². The number of hydrogen-bond donors (Lipinski definition) is 2. The molecule has 3 heteroatoms. The second kappa shape index (κ2) is 8.37. The van der Waals surface area contributed by atoms with E-state index in [1.807, 2.05) is 19.1 Å². The van der Waals surface area contributed by atoms with Gasteiger partial charge in [-0.3, -0.25) is 0 Å². The van der Waals surface area contributed by atoms with Gasteiger partial charge in [-0.25, -0.2) is 4.79 Å². The Morgan fingerprint density at radius 3 is 2.64 bits per heavy atom. The first-order chi connectivity index (χ1) is 11.9. The Labute approximate surface area is 151 Å². The number of carbonyl (C=O) groups is 1. The molecule has 2 atom stereocenters. The van der Waals surface area contributed by atoms with Crippen molar-refractivity contribution in [2.45, 2.75) is 65.2 Å². The molecular weight excluding hydrogens is 312 g/mol. The normalized spacial score (nSPS) is 20.2. The third-order valence-electron chi connectivity index (χ3n) is 5.30. The molecule has 2 unspecified atom stereocenters. The maximum absolute atomic E-state index is 11.8. The van der Waals surface area contributed by atoms with Crippen molar-refractivity contribution in [3.63, 3.8) is 0 Å². The molecular formula is C22H30O3. The Bertz CT molecular complexity index is 685.